The third-order valence-electron chi connectivity index (χ3n) is 8.86. The lowest BCUT2D eigenvalue weighted by atomic mass is 9.71. The maximum Gasteiger partial charge on any atom is 0.228 e. The minimum absolute atomic E-state index is 0.00781. The molecule has 5 fully saturated rings. The van der Waals surface area contributed by atoms with Gasteiger partial charge in [0.1, 0.15) is 10.7 Å². The van der Waals surface area contributed by atoms with Crippen LogP contribution in [-0.2, 0) is 16.2 Å². The molecule has 8 heteroatoms. The number of halogens is 1. The number of nitrogens with zero attached hydrogens (tertiary/aromatic N) is 3. The number of rotatable bonds is 5. The van der Waals surface area contributed by atoms with Crippen LogP contribution in [0.15, 0.2) is 29.2 Å². The van der Waals surface area contributed by atoms with Gasteiger partial charge in [-0.3, -0.25) is 4.21 Å². The molecule has 1 spiro atoms. The van der Waals surface area contributed by atoms with Crippen LogP contribution in [0.5, 0.6) is 0 Å². The first-order valence-electron chi connectivity index (χ1n) is 12.2. The number of fused-ring (bicyclic) bond motifs is 4. The summed E-state index contributed by atoms with van der Waals surface area (Å²) >= 11 is 6.09. The van der Waals surface area contributed by atoms with E-state index in [1.165, 1.54) is 12.0 Å². The number of benzene rings is 1. The van der Waals surface area contributed by atoms with Gasteiger partial charge in [-0.05, 0) is 75.0 Å². The van der Waals surface area contributed by atoms with E-state index in [1.54, 1.807) is 0 Å². The molecule has 1 aromatic heterocycles. The van der Waals surface area contributed by atoms with Crippen molar-refractivity contribution in [3.63, 3.8) is 0 Å². The zero-order chi connectivity index (χ0) is 22.4. The summed E-state index contributed by atoms with van der Waals surface area (Å²) < 4.78 is 13.1. The van der Waals surface area contributed by atoms with Crippen molar-refractivity contribution < 1.29 is 9.32 Å². The minimum Gasteiger partial charge on any atom is -0.394 e. The van der Waals surface area contributed by atoms with E-state index in [4.69, 9.17) is 21.6 Å². The van der Waals surface area contributed by atoms with Crippen LogP contribution < -0.4 is 10.2 Å². The Morgan fingerprint density at radius 3 is 2.42 bits per heavy atom. The molecule has 3 aliphatic carbocycles. The third kappa shape index (κ3) is 3.11. The summed E-state index contributed by atoms with van der Waals surface area (Å²) in [5.41, 5.74) is 2.05. The Bertz CT molecular complexity index is 1130. The molecule has 4 heterocycles. The van der Waals surface area contributed by atoms with Crippen LogP contribution in [0.25, 0.3) is 0 Å². The molecule has 8 rings (SSSR count). The summed E-state index contributed by atoms with van der Waals surface area (Å²) in [6, 6.07) is 9.18. The summed E-state index contributed by atoms with van der Waals surface area (Å²) in [7, 11) is -1.07. The van der Waals surface area contributed by atoms with Crippen molar-refractivity contribution in [2.45, 2.75) is 85.2 Å². The Morgan fingerprint density at radius 1 is 1.09 bits per heavy atom. The SMILES string of the molecule is O=S1CC2(CC2)c2nc(N3C4CC(c5ccc(Cl)cc5)CC3C4)nc(NC3(CO)CCC3)c21. The molecular weight excluding hydrogens is 456 g/mol. The summed E-state index contributed by atoms with van der Waals surface area (Å²) in [4.78, 5) is 13.3. The summed E-state index contributed by atoms with van der Waals surface area (Å²) in [6.45, 7) is 0.0800. The first-order chi connectivity index (χ1) is 16.0. The first kappa shape index (κ1) is 20.7. The van der Waals surface area contributed by atoms with E-state index in [1.807, 2.05) is 12.1 Å². The molecule has 3 aliphatic heterocycles. The maximum absolute atomic E-state index is 13.1. The summed E-state index contributed by atoms with van der Waals surface area (Å²) in [5.74, 6) is 2.73. The highest BCUT2D eigenvalue weighted by Crippen LogP contribution is 2.57. The smallest absolute Gasteiger partial charge is 0.228 e. The van der Waals surface area contributed by atoms with Crippen molar-refractivity contribution in [3.8, 4) is 0 Å². The molecule has 6 nitrogen and oxygen atoms in total. The summed E-state index contributed by atoms with van der Waals surface area (Å²) in [6.07, 6.45) is 8.46. The lowest BCUT2D eigenvalue weighted by Gasteiger charge is -2.55. The lowest BCUT2D eigenvalue weighted by Crippen LogP contribution is -2.61. The van der Waals surface area contributed by atoms with E-state index in [0.717, 1.165) is 66.5 Å². The lowest BCUT2D eigenvalue weighted by molar-refractivity contribution is 0.143. The van der Waals surface area contributed by atoms with E-state index in [9.17, 15) is 9.32 Å². The zero-order valence-electron chi connectivity index (χ0n) is 18.6. The third-order valence-corrected chi connectivity index (χ3v) is 10.8. The molecule has 3 atom stereocenters. The Kier molecular flexibility index (Phi) is 4.48. The fourth-order valence-corrected chi connectivity index (χ4v) is 8.51. The molecule has 2 aromatic rings. The standard InChI is InChI=1S/C25H29ClN4O2S/c26-17-4-2-15(3-5-17)16-10-18-12-19(11-16)30(18)23-27-21-20(33(32)14-24(21)8-9-24)22(28-23)29-25(13-31)6-1-7-25/h2-5,16,18-19,31H,1,6-14H2,(H,27,28,29). The van der Waals surface area contributed by atoms with Gasteiger partial charge in [0.15, 0.2) is 0 Å². The van der Waals surface area contributed by atoms with Crippen LogP contribution in [0.4, 0.5) is 11.8 Å². The number of anilines is 2. The second-order valence-corrected chi connectivity index (χ2v) is 12.7. The predicted octanol–water partition coefficient (Wildman–Crippen LogP) is 4.13. The van der Waals surface area contributed by atoms with E-state index in [2.05, 4.69) is 22.3 Å². The topological polar surface area (TPSA) is 78.4 Å². The van der Waals surface area contributed by atoms with Gasteiger partial charge in [-0.25, -0.2) is 4.98 Å². The molecule has 3 saturated carbocycles. The van der Waals surface area contributed by atoms with E-state index in [-0.39, 0.29) is 17.6 Å². The van der Waals surface area contributed by atoms with Gasteiger partial charge in [0, 0.05) is 28.3 Å². The molecule has 33 heavy (non-hydrogen) atoms. The van der Waals surface area contributed by atoms with Crippen molar-refractivity contribution in [3.05, 3.63) is 40.5 Å². The average molecular weight is 485 g/mol. The highest BCUT2D eigenvalue weighted by atomic mass is 35.5. The molecule has 6 aliphatic rings. The Morgan fingerprint density at radius 2 is 1.82 bits per heavy atom. The zero-order valence-corrected chi connectivity index (χ0v) is 20.2. The normalized spacial score (nSPS) is 32.1. The molecule has 2 N–H and O–H groups in total. The number of aliphatic hydroxyl groups is 1. The van der Waals surface area contributed by atoms with E-state index >= 15 is 0 Å². The Balaban J connectivity index is 1.22. The number of hydrogen-bond donors (Lipinski definition) is 2. The Labute approximate surface area is 201 Å². The van der Waals surface area contributed by atoms with Gasteiger partial charge in [-0.1, -0.05) is 23.7 Å². The van der Waals surface area contributed by atoms with Crippen LogP contribution in [0, 0.1) is 0 Å². The number of hydrogen-bond acceptors (Lipinski definition) is 6. The van der Waals surface area contributed by atoms with Crippen LogP contribution in [0.3, 0.4) is 0 Å². The van der Waals surface area contributed by atoms with Gasteiger partial charge in [0.05, 0.1) is 28.6 Å². The largest absolute Gasteiger partial charge is 0.394 e. The number of aromatic nitrogens is 2. The van der Waals surface area contributed by atoms with Crippen molar-refractivity contribution in [1.82, 2.24) is 9.97 Å². The first-order valence-corrected chi connectivity index (χ1v) is 13.9. The molecule has 2 saturated heterocycles. The van der Waals surface area contributed by atoms with Crippen molar-refractivity contribution >= 4 is 34.2 Å². The van der Waals surface area contributed by atoms with Crippen molar-refractivity contribution in [2.75, 3.05) is 22.6 Å². The monoisotopic (exact) mass is 484 g/mol. The second-order valence-electron chi connectivity index (χ2n) is 10.9. The predicted molar refractivity (Wildman–Crippen MR) is 130 cm³/mol. The fourth-order valence-electron chi connectivity index (χ4n) is 6.52. The molecular formula is C25H29ClN4O2S. The molecule has 174 valence electrons. The van der Waals surface area contributed by atoms with Gasteiger partial charge >= 0.3 is 0 Å². The van der Waals surface area contributed by atoms with Gasteiger partial charge in [0.25, 0.3) is 0 Å². The molecule has 1 aromatic carbocycles. The number of piperidine rings is 1. The van der Waals surface area contributed by atoms with Crippen LogP contribution >= 0.6 is 11.6 Å². The van der Waals surface area contributed by atoms with Crippen LogP contribution in [-0.4, -0.2) is 49.3 Å². The molecule has 3 unspecified atom stereocenters. The van der Waals surface area contributed by atoms with Gasteiger partial charge in [0.2, 0.25) is 5.95 Å². The maximum atomic E-state index is 13.1. The van der Waals surface area contributed by atoms with Crippen molar-refractivity contribution in [1.29, 1.82) is 0 Å². The van der Waals surface area contributed by atoms with Crippen LogP contribution in [0.2, 0.25) is 5.02 Å². The number of aliphatic hydroxyl groups excluding tert-OH is 1. The molecule has 0 radical (unpaired) electrons. The van der Waals surface area contributed by atoms with Gasteiger partial charge in [-0.2, -0.15) is 4.98 Å². The average Bonchev–Trinajstić information content (AvgIpc) is 3.50. The molecule has 2 bridgehead atoms. The highest BCUT2D eigenvalue weighted by molar-refractivity contribution is 7.85. The summed E-state index contributed by atoms with van der Waals surface area (Å²) in [5, 5.41) is 14.4. The number of nitrogens with one attached hydrogen (secondary N) is 1. The minimum atomic E-state index is -1.07. The van der Waals surface area contributed by atoms with Gasteiger partial charge in [-0.15, -0.1) is 0 Å². The van der Waals surface area contributed by atoms with Gasteiger partial charge < -0.3 is 15.3 Å². The second kappa shape index (κ2) is 7.15. The van der Waals surface area contributed by atoms with Crippen molar-refractivity contribution in [2.24, 2.45) is 0 Å². The molecule has 0 amide bonds. The highest BCUT2D eigenvalue weighted by Gasteiger charge is 2.56. The quantitative estimate of drug-likeness (QED) is 0.664. The van der Waals surface area contributed by atoms with Crippen LogP contribution in [0.1, 0.15) is 68.5 Å². The Hall–Kier alpha value is -1.70. The fraction of sp³-hybridized carbons (Fsp3) is 0.600. The van der Waals surface area contributed by atoms with E-state index < -0.39 is 10.8 Å². The van der Waals surface area contributed by atoms with E-state index in [0.29, 0.717) is 29.6 Å².